The van der Waals surface area contributed by atoms with Crippen molar-refractivity contribution in [1.82, 2.24) is 0 Å². The Hall–Kier alpha value is -0.176. The van der Waals surface area contributed by atoms with Gasteiger partial charge in [-0.25, -0.2) is 4.74 Å². The van der Waals surface area contributed by atoms with Crippen molar-refractivity contribution in [2.75, 3.05) is 6.54 Å². The summed E-state index contributed by atoms with van der Waals surface area (Å²) in [5.74, 6) is 0. The van der Waals surface area contributed by atoms with Crippen molar-refractivity contribution in [2.45, 2.75) is 96.9 Å². The van der Waals surface area contributed by atoms with Crippen LogP contribution in [0.4, 0.5) is 0 Å². The molecule has 0 aliphatic carbocycles. The predicted molar refractivity (Wildman–Crippen MR) is 103 cm³/mol. The van der Waals surface area contributed by atoms with Crippen LogP contribution in [0.3, 0.4) is 0 Å². The first-order valence-corrected chi connectivity index (χ1v) is 14.4. The van der Waals surface area contributed by atoms with Crippen LogP contribution in [0.1, 0.15) is 48.5 Å². The minimum Gasteiger partial charge on any atom is -0.624 e. The number of hydroxylamine groups is 1. The fraction of sp³-hybridized carbons (Fsp3) is 0.941. The average molecular weight is 360 g/mol. The van der Waals surface area contributed by atoms with Gasteiger partial charge in [-0.1, -0.05) is 41.5 Å². The normalized spacial score (nSPS) is 24.5. The SMILES string of the molecule is CC1=[N+]([O-])C[C@H](O[Si](C)(C)C(C)(C)C)[C@H]1O[Si](C)(C)C(C)(C)C. The van der Waals surface area contributed by atoms with E-state index in [0.717, 1.165) is 10.5 Å². The quantitative estimate of drug-likeness (QED) is 0.413. The van der Waals surface area contributed by atoms with Crippen LogP contribution in [0.15, 0.2) is 0 Å². The summed E-state index contributed by atoms with van der Waals surface area (Å²) in [5, 5.41) is 12.5. The van der Waals surface area contributed by atoms with E-state index in [-0.39, 0.29) is 22.3 Å². The third-order valence-electron chi connectivity index (χ3n) is 5.97. The van der Waals surface area contributed by atoms with Gasteiger partial charge in [-0.3, -0.25) is 0 Å². The summed E-state index contributed by atoms with van der Waals surface area (Å²) in [5.41, 5.74) is 0.763. The van der Waals surface area contributed by atoms with Crippen molar-refractivity contribution in [3.05, 3.63) is 5.21 Å². The number of nitrogens with zero attached hydrogens (tertiary/aromatic N) is 1. The van der Waals surface area contributed by atoms with Gasteiger partial charge in [-0.2, -0.15) is 0 Å². The molecule has 4 nitrogen and oxygen atoms in total. The van der Waals surface area contributed by atoms with E-state index < -0.39 is 16.6 Å². The predicted octanol–water partition coefficient (Wildman–Crippen LogP) is 4.75. The maximum Gasteiger partial charge on any atom is 0.193 e. The molecule has 1 rings (SSSR count). The molecule has 0 radical (unpaired) electrons. The molecule has 0 bridgehead atoms. The molecule has 1 heterocycles. The molecule has 2 atom stereocenters. The first-order chi connectivity index (χ1) is 9.99. The Bertz CT molecular complexity index is 473. The molecule has 0 aromatic carbocycles. The van der Waals surface area contributed by atoms with Gasteiger partial charge in [-0.05, 0) is 36.3 Å². The van der Waals surface area contributed by atoms with Gasteiger partial charge in [0.1, 0.15) is 6.10 Å². The molecule has 0 saturated carbocycles. The average Bonchev–Trinajstić information content (AvgIpc) is 2.53. The van der Waals surface area contributed by atoms with E-state index in [1.807, 2.05) is 6.92 Å². The van der Waals surface area contributed by atoms with E-state index in [2.05, 4.69) is 67.7 Å². The molecule has 1 aliphatic heterocycles. The third-order valence-corrected chi connectivity index (χ3v) is 14.9. The van der Waals surface area contributed by atoms with Crippen LogP contribution in [-0.2, 0) is 8.85 Å². The first kappa shape index (κ1) is 20.9. The summed E-state index contributed by atoms with van der Waals surface area (Å²) >= 11 is 0. The van der Waals surface area contributed by atoms with Gasteiger partial charge in [0.15, 0.2) is 35.0 Å². The maximum atomic E-state index is 12.2. The third kappa shape index (κ3) is 4.47. The largest absolute Gasteiger partial charge is 0.624 e. The number of hydrogen-bond acceptors (Lipinski definition) is 3. The monoisotopic (exact) mass is 359 g/mol. The van der Waals surface area contributed by atoms with Gasteiger partial charge in [0, 0.05) is 6.92 Å². The minimum atomic E-state index is -1.96. The Kier molecular flexibility index (Phi) is 5.70. The first-order valence-electron chi connectivity index (χ1n) is 8.63. The molecule has 0 aromatic heterocycles. The number of rotatable bonds is 4. The fourth-order valence-electron chi connectivity index (χ4n) is 2.12. The van der Waals surface area contributed by atoms with Crippen molar-refractivity contribution in [2.24, 2.45) is 0 Å². The second kappa shape index (κ2) is 6.28. The van der Waals surface area contributed by atoms with Gasteiger partial charge >= 0.3 is 0 Å². The minimum absolute atomic E-state index is 0.116. The summed E-state index contributed by atoms with van der Waals surface area (Å²) in [4.78, 5) is 0. The van der Waals surface area contributed by atoms with Gasteiger partial charge in [0.2, 0.25) is 0 Å². The summed E-state index contributed by atoms with van der Waals surface area (Å²) < 4.78 is 14.2. The summed E-state index contributed by atoms with van der Waals surface area (Å²) in [6, 6.07) is 0. The standard InChI is InChI=1S/C17H37NO3Si2/c1-13-15(21-23(10,11)17(5,6)7)14(12-18(13)19)20-22(8,9)16(2,3)4/h14-15H,12H2,1-11H3/t14-,15-/m0/s1. The van der Waals surface area contributed by atoms with Crippen LogP contribution >= 0.6 is 0 Å². The molecule has 136 valence electrons. The van der Waals surface area contributed by atoms with Crippen molar-refractivity contribution in [3.63, 3.8) is 0 Å². The maximum absolute atomic E-state index is 12.2. The summed E-state index contributed by atoms with van der Waals surface area (Å²) in [7, 11) is -3.89. The summed E-state index contributed by atoms with van der Waals surface area (Å²) in [6.07, 6.45) is -0.356. The highest BCUT2D eigenvalue weighted by atomic mass is 28.4. The lowest BCUT2D eigenvalue weighted by atomic mass is 10.2. The van der Waals surface area contributed by atoms with Crippen LogP contribution in [-0.4, -0.2) is 45.8 Å². The number of hydrogen-bond donors (Lipinski definition) is 0. The van der Waals surface area contributed by atoms with E-state index in [0.29, 0.717) is 6.54 Å². The van der Waals surface area contributed by atoms with Crippen LogP contribution in [0, 0.1) is 5.21 Å². The van der Waals surface area contributed by atoms with E-state index >= 15 is 0 Å². The highest BCUT2D eigenvalue weighted by molar-refractivity contribution is 6.74. The second-order valence-electron chi connectivity index (χ2n) is 9.92. The molecule has 0 spiro atoms. The molecule has 0 unspecified atom stereocenters. The highest BCUT2D eigenvalue weighted by Gasteiger charge is 2.50. The molecule has 0 amide bonds. The van der Waals surface area contributed by atoms with Crippen LogP contribution in [0.2, 0.25) is 36.3 Å². The summed E-state index contributed by atoms with van der Waals surface area (Å²) in [6.45, 7) is 24.6. The Balaban J connectivity index is 3.03. The molecule has 23 heavy (non-hydrogen) atoms. The van der Waals surface area contributed by atoms with Crippen LogP contribution in [0.5, 0.6) is 0 Å². The zero-order valence-electron chi connectivity index (χ0n) is 17.0. The van der Waals surface area contributed by atoms with E-state index in [1.165, 1.54) is 0 Å². The molecule has 0 fully saturated rings. The smallest absolute Gasteiger partial charge is 0.193 e. The lowest BCUT2D eigenvalue weighted by molar-refractivity contribution is -0.456. The van der Waals surface area contributed by atoms with E-state index in [1.54, 1.807) is 0 Å². The molecule has 0 aromatic rings. The lowest BCUT2D eigenvalue weighted by Crippen LogP contribution is -2.52. The zero-order valence-corrected chi connectivity index (χ0v) is 19.0. The topological polar surface area (TPSA) is 44.5 Å². The second-order valence-corrected chi connectivity index (χ2v) is 19.4. The Morgan fingerprint density at radius 3 is 1.70 bits per heavy atom. The van der Waals surface area contributed by atoms with Crippen LogP contribution in [0.25, 0.3) is 0 Å². The zero-order chi connectivity index (χ0) is 18.4. The molecular formula is C17H37NO3Si2. The van der Waals surface area contributed by atoms with Gasteiger partial charge in [0.25, 0.3) is 0 Å². The van der Waals surface area contributed by atoms with Crippen molar-refractivity contribution in [3.8, 4) is 0 Å². The molecule has 0 N–H and O–H groups in total. The Morgan fingerprint density at radius 1 is 0.913 bits per heavy atom. The van der Waals surface area contributed by atoms with Crippen molar-refractivity contribution >= 4 is 22.3 Å². The van der Waals surface area contributed by atoms with Gasteiger partial charge < -0.3 is 14.1 Å². The lowest BCUT2D eigenvalue weighted by Gasteiger charge is -2.42. The van der Waals surface area contributed by atoms with Gasteiger partial charge in [-0.15, -0.1) is 0 Å². The molecule has 1 aliphatic rings. The fourth-order valence-corrected chi connectivity index (χ4v) is 4.74. The Morgan fingerprint density at radius 2 is 1.30 bits per heavy atom. The highest BCUT2D eigenvalue weighted by Crippen LogP contribution is 2.41. The molecular weight excluding hydrogens is 322 g/mol. The molecule has 6 heteroatoms. The van der Waals surface area contributed by atoms with Crippen LogP contribution < -0.4 is 0 Å². The Labute approximate surface area is 145 Å². The van der Waals surface area contributed by atoms with E-state index in [9.17, 15) is 5.21 Å². The van der Waals surface area contributed by atoms with E-state index in [4.69, 9.17) is 8.85 Å². The van der Waals surface area contributed by atoms with Gasteiger partial charge in [0.05, 0.1) is 0 Å². The molecule has 0 saturated heterocycles. The van der Waals surface area contributed by atoms with Crippen molar-refractivity contribution < 1.29 is 13.6 Å². The van der Waals surface area contributed by atoms with Crippen molar-refractivity contribution in [1.29, 1.82) is 0 Å².